The van der Waals surface area contributed by atoms with E-state index in [1.807, 2.05) is 66.9 Å². The third-order valence-electron chi connectivity index (χ3n) is 5.99. The van der Waals surface area contributed by atoms with Crippen LogP contribution >= 0.6 is 11.6 Å². The van der Waals surface area contributed by atoms with Gasteiger partial charge in [-0.2, -0.15) is 0 Å². The Morgan fingerprint density at radius 3 is 1.76 bits per heavy atom. The molecular formula is C28H21ClN2O2. The third kappa shape index (κ3) is 3.31. The molecule has 0 saturated heterocycles. The van der Waals surface area contributed by atoms with E-state index in [0.29, 0.717) is 16.1 Å². The van der Waals surface area contributed by atoms with Crippen LogP contribution in [0.1, 0.15) is 27.0 Å². The normalized spacial score (nSPS) is 11.5. The molecule has 0 unspecified atom stereocenters. The number of ether oxygens (including phenoxy) is 1. The van der Waals surface area contributed by atoms with Crippen molar-refractivity contribution in [1.82, 2.24) is 9.55 Å². The van der Waals surface area contributed by atoms with Gasteiger partial charge in [-0.05, 0) is 22.8 Å². The Morgan fingerprint density at radius 2 is 1.30 bits per heavy atom. The molecule has 0 amide bonds. The monoisotopic (exact) mass is 452 g/mol. The number of carbonyl (C=O) groups excluding carboxylic acids is 1. The highest BCUT2D eigenvalue weighted by Crippen LogP contribution is 2.43. The average Bonchev–Trinajstić information content (AvgIpc) is 3.32. The third-order valence-corrected chi connectivity index (χ3v) is 6.40. The van der Waals surface area contributed by atoms with Crippen molar-refractivity contribution in [3.05, 3.63) is 137 Å². The van der Waals surface area contributed by atoms with E-state index in [0.717, 1.165) is 16.7 Å². The van der Waals surface area contributed by atoms with Gasteiger partial charge in [-0.1, -0.05) is 103 Å². The second kappa shape index (κ2) is 8.57. The molecule has 0 saturated carbocycles. The first-order chi connectivity index (χ1) is 16.2. The molecule has 3 aromatic carbocycles. The molecular weight excluding hydrogens is 432 g/mol. The first-order valence-corrected chi connectivity index (χ1v) is 11.0. The lowest BCUT2D eigenvalue weighted by Crippen LogP contribution is -2.37. The number of methoxy groups -OCH3 is 1. The molecule has 2 heterocycles. The molecule has 5 aromatic rings. The van der Waals surface area contributed by atoms with Crippen LogP contribution in [0.5, 0.6) is 0 Å². The quantitative estimate of drug-likeness (QED) is 0.231. The van der Waals surface area contributed by atoms with E-state index in [9.17, 15) is 4.79 Å². The van der Waals surface area contributed by atoms with Crippen LogP contribution in [0.25, 0.3) is 11.0 Å². The minimum absolute atomic E-state index is 0.245. The summed E-state index contributed by atoms with van der Waals surface area (Å²) in [6.07, 6.45) is 3.47. The lowest BCUT2D eigenvalue weighted by Gasteiger charge is -2.38. The van der Waals surface area contributed by atoms with Gasteiger partial charge in [0.25, 0.3) is 0 Å². The lowest BCUT2D eigenvalue weighted by molar-refractivity contribution is 0.0600. The highest BCUT2D eigenvalue weighted by atomic mass is 35.5. The zero-order valence-electron chi connectivity index (χ0n) is 18.0. The summed E-state index contributed by atoms with van der Waals surface area (Å²) in [6.45, 7) is 0. The summed E-state index contributed by atoms with van der Waals surface area (Å²) >= 11 is 6.66. The number of carbonyl (C=O) groups is 1. The van der Waals surface area contributed by atoms with Crippen molar-refractivity contribution < 1.29 is 9.53 Å². The Morgan fingerprint density at radius 1 is 0.818 bits per heavy atom. The van der Waals surface area contributed by atoms with Crippen molar-refractivity contribution in [2.24, 2.45) is 0 Å². The molecule has 0 atom stereocenters. The summed E-state index contributed by atoms with van der Waals surface area (Å²) in [5.41, 5.74) is 3.44. The van der Waals surface area contributed by atoms with E-state index in [2.05, 4.69) is 41.0 Å². The molecule has 0 aliphatic heterocycles. The van der Waals surface area contributed by atoms with Crippen LogP contribution in [0.2, 0.25) is 5.02 Å². The summed E-state index contributed by atoms with van der Waals surface area (Å²) in [5, 5.41) is 1.01. The Labute approximate surface area is 197 Å². The fourth-order valence-electron chi connectivity index (χ4n) is 4.53. The fourth-order valence-corrected chi connectivity index (χ4v) is 4.81. The SMILES string of the molecule is COC(=O)c1cnc2c(ccn2C(c2ccccc2)(c2ccccc2)c2ccccc2)c1Cl. The Kier molecular flexibility index (Phi) is 5.45. The number of hydrogen-bond donors (Lipinski definition) is 0. The van der Waals surface area contributed by atoms with Crippen molar-refractivity contribution in [3.63, 3.8) is 0 Å². The molecule has 0 aliphatic carbocycles. The predicted octanol–water partition coefficient (Wildman–Crippen LogP) is 6.32. The van der Waals surface area contributed by atoms with Crippen LogP contribution in [-0.4, -0.2) is 22.6 Å². The predicted molar refractivity (Wildman–Crippen MR) is 131 cm³/mol. The maximum absolute atomic E-state index is 12.2. The number of pyridine rings is 1. The van der Waals surface area contributed by atoms with Gasteiger partial charge in [-0.15, -0.1) is 0 Å². The fraction of sp³-hybridized carbons (Fsp3) is 0.0714. The summed E-state index contributed by atoms with van der Waals surface area (Å²) < 4.78 is 7.01. The molecule has 0 radical (unpaired) electrons. The van der Waals surface area contributed by atoms with Gasteiger partial charge < -0.3 is 9.30 Å². The van der Waals surface area contributed by atoms with Crippen molar-refractivity contribution >= 4 is 28.6 Å². The van der Waals surface area contributed by atoms with Crippen molar-refractivity contribution in [2.45, 2.75) is 5.54 Å². The summed E-state index contributed by atoms with van der Waals surface area (Å²) in [6, 6.07) is 32.9. The average molecular weight is 453 g/mol. The van der Waals surface area contributed by atoms with Crippen LogP contribution in [0.4, 0.5) is 0 Å². The van der Waals surface area contributed by atoms with Crippen molar-refractivity contribution in [1.29, 1.82) is 0 Å². The maximum Gasteiger partial charge on any atom is 0.340 e. The second-order valence-corrected chi connectivity index (χ2v) is 8.09. The van der Waals surface area contributed by atoms with Gasteiger partial charge in [0.1, 0.15) is 11.2 Å². The molecule has 33 heavy (non-hydrogen) atoms. The Bertz CT molecular complexity index is 1320. The minimum Gasteiger partial charge on any atom is -0.465 e. The number of halogens is 1. The number of rotatable bonds is 5. The highest BCUT2D eigenvalue weighted by molar-refractivity contribution is 6.38. The topological polar surface area (TPSA) is 44.1 Å². The molecule has 0 aliphatic rings. The molecule has 162 valence electrons. The van der Waals surface area contributed by atoms with Gasteiger partial charge in [-0.25, -0.2) is 9.78 Å². The van der Waals surface area contributed by atoms with Gasteiger partial charge in [0.15, 0.2) is 0 Å². The maximum atomic E-state index is 12.2. The lowest BCUT2D eigenvalue weighted by atomic mass is 9.76. The molecule has 5 heteroatoms. The van der Waals surface area contributed by atoms with Crippen molar-refractivity contribution in [3.8, 4) is 0 Å². The molecule has 0 N–H and O–H groups in total. The zero-order valence-corrected chi connectivity index (χ0v) is 18.7. The van der Waals surface area contributed by atoms with Crippen LogP contribution in [0, 0.1) is 0 Å². The summed E-state index contributed by atoms with van der Waals surface area (Å²) in [7, 11) is 1.33. The number of hydrogen-bond acceptors (Lipinski definition) is 3. The summed E-state index contributed by atoms with van der Waals surface area (Å²) in [5.74, 6) is -0.511. The van der Waals surface area contributed by atoms with E-state index >= 15 is 0 Å². The van der Waals surface area contributed by atoms with E-state index in [4.69, 9.17) is 21.3 Å². The number of benzene rings is 3. The molecule has 2 aromatic heterocycles. The van der Waals surface area contributed by atoms with Crippen LogP contribution in [-0.2, 0) is 10.3 Å². The standard InChI is InChI=1S/C28H21ClN2O2/c1-33-27(32)24-19-30-26-23(25(24)29)17-18-31(26)28(20-11-5-2-6-12-20,21-13-7-3-8-14-21)22-15-9-4-10-16-22/h2-19H,1H3. The van der Waals surface area contributed by atoms with E-state index in [-0.39, 0.29) is 5.56 Å². The molecule has 0 fully saturated rings. The van der Waals surface area contributed by atoms with E-state index in [1.54, 1.807) is 0 Å². The van der Waals surface area contributed by atoms with Crippen LogP contribution < -0.4 is 0 Å². The van der Waals surface area contributed by atoms with E-state index in [1.165, 1.54) is 13.3 Å². The molecule has 0 bridgehead atoms. The smallest absolute Gasteiger partial charge is 0.340 e. The van der Waals surface area contributed by atoms with Gasteiger partial charge in [-0.3, -0.25) is 0 Å². The van der Waals surface area contributed by atoms with Gasteiger partial charge in [0.05, 0.1) is 17.7 Å². The first-order valence-electron chi connectivity index (χ1n) is 10.6. The number of aromatic nitrogens is 2. The Hall–Kier alpha value is -3.89. The first kappa shape index (κ1) is 21.0. The minimum atomic E-state index is -0.714. The molecule has 4 nitrogen and oxygen atoms in total. The van der Waals surface area contributed by atoms with Crippen LogP contribution in [0.15, 0.2) is 109 Å². The molecule has 5 rings (SSSR count). The number of fused-ring (bicyclic) bond motifs is 1. The van der Waals surface area contributed by atoms with Crippen molar-refractivity contribution in [2.75, 3.05) is 7.11 Å². The summed E-state index contributed by atoms with van der Waals surface area (Å²) in [4.78, 5) is 16.9. The number of esters is 1. The van der Waals surface area contributed by atoms with Gasteiger partial charge >= 0.3 is 5.97 Å². The highest BCUT2D eigenvalue weighted by Gasteiger charge is 2.39. The Balaban J connectivity index is 1.91. The van der Waals surface area contributed by atoms with E-state index < -0.39 is 11.5 Å². The number of nitrogens with zero attached hydrogens (tertiary/aromatic N) is 2. The zero-order chi connectivity index (χ0) is 22.8. The second-order valence-electron chi connectivity index (χ2n) is 7.71. The molecule has 0 spiro atoms. The van der Waals surface area contributed by atoms with Gasteiger partial charge in [0, 0.05) is 17.8 Å². The van der Waals surface area contributed by atoms with Crippen LogP contribution in [0.3, 0.4) is 0 Å². The van der Waals surface area contributed by atoms with Gasteiger partial charge in [0.2, 0.25) is 0 Å². The largest absolute Gasteiger partial charge is 0.465 e.